The first-order valence-corrected chi connectivity index (χ1v) is 11.0. The summed E-state index contributed by atoms with van der Waals surface area (Å²) in [5, 5.41) is 0. The van der Waals surface area contributed by atoms with Crippen molar-refractivity contribution >= 4 is 17.7 Å². The molecule has 1 aromatic carbocycles. The van der Waals surface area contributed by atoms with E-state index in [0.29, 0.717) is 32.7 Å². The molecule has 0 N–H and O–H groups in total. The number of nitrogens with zero attached hydrogens (tertiary/aromatic N) is 1. The number of benzene rings is 1. The molecule has 2 aliphatic heterocycles. The van der Waals surface area contributed by atoms with E-state index in [1.165, 1.54) is 0 Å². The van der Waals surface area contributed by atoms with E-state index < -0.39 is 18.1 Å². The maximum absolute atomic E-state index is 12.2. The molecule has 3 rings (SSSR count). The molecular weight excluding hydrogens is 443 g/mol. The number of hydrogen-bond donors (Lipinski definition) is 0. The van der Waals surface area contributed by atoms with E-state index in [0.717, 1.165) is 42.7 Å². The quantitative estimate of drug-likeness (QED) is 0.309. The lowest BCUT2D eigenvalue weighted by molar-refractivity contribution is -0.201. The average Bonchev–Trinajstić information content (AvgIpc) is 3.09. The molecule has 0 radical (unpaired) electrons. The van der Waals surface area contributed by atoms with E-state index in [9.17, 15) is 27.6 Å². The molecule has 2 aliphatic rings. The van der Waals surface area contributed by atoms with Gasteiger partial charge in [0.15, 0.2) is 0 Å². The van der Waals surface area contributed by atoms with Crippen LogP contribution in [0.2, 0.25) is 0 Å². The third-order valence-electron chi connectivity index (χ3n) is 6.10. The van der Waals surface area contributed by atoms with Crippen LogP contribution in [0, 0.1) is 0 Å². The number of piperidine rings is 1. The summed E-state index contributed by atoms with van der Waals surface area (Å²) in [4.78, 5) is 35.2. The van der Waals surface area contributed by atoms with Gasteiger partial charge in [-0.25, -0.2) is 4.79 Å². The van der Waals surface area contributed by atoms with Gasteiger partial charge in [-0.3, -0.25) is 4.79 Å². The molecule has 0 unspecified atom stereocenters. The fourth-order valence-corrected chi connectivity index (χ4v) is 4.19. The van der Waals surface area contributed by atoms with Crippen LogP contribution in [0.4, 0.5) is 13.2 Å². The van der Waals surface area contributed by atoms with Crippen LogP contribution in [-0.2, 0) is 24.5 Å². The second kappa shape index (κ2) is 10.5. The molecule has 0 aliphatic carbocycles. The Hall–Kier alpha value is -2.62. The number of ether oxygens (including phenoxy) is 3. The van der Waals surface area contributed by atoms with Gasteiger partial charge in [-0.1, -0.05) is 6.07 Å². The Morgan fingerprint density at radius 1 is 1.12 bits per heavy atom. The van der Waals surface area contributed by atoms with Crippen LogP contribution in [0.15, 0.2) is 18.2 Å². The summed E-state index contributed by atoms with van der Waals surface area (Å²) in [5.74, 6) is -1.98. The first-order valence-electron chi connectivity index (χ1n) is 11.0. The second-order valence-electron chi connectivity index (χ2n) is 8.59. The zero-order chi connectivity index (χ0) is 24.1. The number of hydrogen-bond acceptors (Lipinski definition) is 7. The van der Waals surface area contributed by atoms with Gasteiger partial charge >= 0.3 is 18.1 Å². The molecule has 1 aromatic rings. The molecule has 1 fully saturated rings. The lowest BCUT2D eigenvalue weighted by atomic mass is 9.74. The Kier molecular flexibility index (Phi) is 7.99. The van der Waals surface area contributed by atoms with Crippen molar-refractivity contribution in [3.05, 3.63) is 23.8 Å². The summed E-state index contributed by atoms with van der Waals surface area (Å²) in [6.07, 6.45) is -1.74. The van der Waals surface area contributed by atoms with Crippen LogP contribution in [0.25, 0.3) is 0 Å². The average molecular weight is 471 g/mol. The van der Waals surface area contributed by atoms with E-state index in [1.54, 1.807) is 6.92 Å². The zero-order valence-corrected chi connectivity index (χ0v) is 18.5. The SMILES string of the molecule is CC(=O)CCCCOc1ccc2c(c1)OCC21CCN(CCC(=O)OC(=O)C(F)(F)F)CC1. The summed E-state index contributed by atoms with van der Waals surface area (Å²) >= 11 is 0. The van der Waals surface area contributed by atoms with Gasteiger partial charge in [-0.05, 0) is 51.8 Å². The Morgan fingerprint density at radius 2 is 1.85 bits per heavy atom. The molecule has 0 bridgehead atoms. The maximum Gasteiger partial charge on any atom is 0.491 e. The highest BCUT2D eigenvalue weighted by atomic mass is 19.4. The molecule has 0 amide bonds. The van der Waals surface area contributed by atoms with Gasteiger partial charge in [0, 0.05) is 30.0 Å². The molecule has 7 nitrogen and oxygen atoms in total. The summed E-state index contributed by atoms with van der Waals surface area (Å²) < 4.78 is 52.1. The van der Waals surface area contributed by atoms with Crippen molar-refractivity contribution in [3.8, 4) is 11.5 Å². The number of esters is 2. The molecule has 33 heavy (non-hydrogen) atoms. The first-order chi connectivity index (χ1) is 15.6. The Labute approximate surface area is 190 Å². The molecule has 10 heteroatoms. The van der Waals surface area contributed by atoms with Gasteiger partial charge in [0.05, 0.1) is 19.6 Å². The van der Waals surface area contributed by atoms with Crippen LogP contribution < -0.4 is 9.47 Å². The maximum atomic E-state index is 12.2. The van der Waals surface area contributed by atoms with Crippen molar-refractivity contribution in [2.75, 3.05) is 32.8 Å². The van der Waals surface area contributed by atoms with Crippen LogP contribution >= 0.6 is 0 Å². The number of alkyl halides is 3. The Balaban J connectivity index is 1.45. The van der Waals surface area contributed by atoms with Gasteiger partial charge in [0.25, 0.3) is 0 Å². The monoisotopic (exact) mass is 471 g/mol. The third kappa shape index (κ3) is 6.69. The molecule has 0 saturated carbocycles. The highest BCUT2D eigenvalue weighted by molar-refractivity contribution is 5.88. The second-order valence-corrected chi connectivity index (χ2v) is 8.59. The van der Waals surface area contributed by atoms with Crippen LogP contribution in [-0.4, -0.2) is 61.6 Å². The number of carbonyl (C=O) groups is 3. The molecule has 1 saturated heterocycles. The molecule has 2 heterocycles. The number of Topliss-reactive ketones (excluding diaryl/α,β-unsaturated/α-hetero) is 1. The minimum Gasteiger partial charge on any atom is -0.493 e. The van der Waals surface area contributed by atoms with Crippen LogP contribution in [0.1, 0.15) is 51.0 Å². The lowest BCUT2D eigenvalue weighted by Gasteiger charge is -2.38. The van der Waals surface area contributed by atoms with E-state index in [2.05, 4.69) is 4.74 Å². The summed E-state index contributed by atoms with van der Waals surface area (Å²) in [7, 11) is 0. The molecule has 0 aromatic heterocycles. The fourth-order valence-electron chi connectivity index (χ4n) is 4.19. The largest absolute Gasteiger partial charge is 0.493 e. The molecular formula is C23H28F3NO6. The van der Waals surface area contributed by atoms with E-state index in [4.69, 9.17) is 9.47 Å². The Morgan fingerprint density at radius 3 is 2.52 bits per heavy atom. The summed E-state index contributed by atoms with van der Waals surface area (Å²) in [6.45, 7) is 4.18. The molecule has 182 valence electrons. The molecule has 1 spiro atoms. The summed E-state index contributed by atoms with van der Waals surface area (Å²) in [5.41, 5.74) is 0.972. The number of unbranched alkanes of at least 4 members (excludes halogenated alkanes) is 1. The van der Waals surface area contributed by atoms with Crippen molar-refractivity contribution in [2.45, 2.75) is 57.0 Å². The van der Waals surface area contributed by atoms with E-state index >= 15 is 0 Å². The number of halogens is 3. The number of carbonyl (C=O) groups excluding carboxylic acids is 3. The van der Waals surface area contributed by atoms with Crippen molar-refractivity contribution in [1.82, 2.24) is 4.90 Å². The minimum atomic E-state index is -5.18. The van der Waals surface area contributed by atoms with Crippen LogP contribution in [0.3, 0.4) is 0 Å². The number of rotatable bonds is 9. The normalized spacial score (nSPS) is 17.3. The van der Waals surface area contributed by atoms with Crippen molar-refractivity contribution in [1.29, 1.82) is 0 Å². The van der Waals surface area contributed by atoms with Crippen molar-refractivity contribution in [2.24, 2.45) is 0 Å². The fraction of sp³-hybridized carbons (Fsp3) is 0.609. The third-order valence-corrected chi connectivity index (χ3v) is 6.10. The number of fused-ring (bicyclic) bond motifs is 2. The van der Waals surface area contributed by atoms with Crippen molar-refractivity contribution in [3.63, 3.8) is 0 Å². The number of ketones is 1. The number of likely N-dealkylation sites (tertiary alicyclic amines) is 1. The van der Waals surface area contributed by atoms with E-state index in [-0.39, 0.29) is 24.2 Å². The van der Waals surface area contributed by atoms with Gasteiger partial charge in [0.2, 0.25) is 0 Å². The first kappa shape index (κ1) is 25.0. The smallest absolute Gasteiger partial charge is 0.491 e. The van der Waals surface area contributed by atoms with Gasteiger partial charge in [0.1, 0.15) is 17.3 Å². The highest BCUT2D eigenvalue weighted by Crippen LogP contribution is 2.46. The Bertz CT molecular complexity index is 877. The van der Waals surface area contributed by atoms with Gasteiger partial charge in [-0.2, -0.15) is 13.2 Å². The predicted octanol–water partition coefficient (Wildman–Crippen LogP) is 3.57. The van der Waals surface area contributed by atoms with Crippen LogP contribution in [0.5, 0.6) is 11.5 Å². The minimum absolute atomic E-state index is 0.140. The standard InChI is InChI=1S/C23H28F3NO6/c1-16(28)4-2-3-13-31-17-5-6-18-19(14-17)32-15-22(18)8-11-27(12-9-22)10-7-20(29)33-21(30)23(24,25)26/h5-6,14H,2-4,7-13,15H2,1H3. The van der Waals surface area contributed by atoms with Gasteiger partial charge < -0.3 is 23.9 Å². The van der Waals surface area contributed by atoms with Gasteiger partial charge in [-0.15, -0.1) is 0 Å². The van der Waals surface area contributed by atoms with E-state index in [1.807, 2.05) is 23.1 Å². The predicted molar refractivity (Wildman–Crippen MR) is 111 cm³/mol. The zero-order valence-electron chi connectivity index (χ0n) is 18.5. The highest BCUT2D eigenvalue weighted by Gasteiger charge is 2.44. The lowest BCUT2D eigenvalue weighted by Crippen LogP contribution is -2.44. The van der Waals surface area contributed by atoms with Crippen molar-refractivity contribution < 1.29 is 41.8 Å². The summed E-state index contributed by atoms with van der Waals surface area (Å²) in [6, 6.07) is 5.82. The molecule has 0 atom stereocenters. The topological polar surface area (TPSA) is 82.1 Å².